The molecule has 1 saturated heterocycles. The van der Waals surface area contributed by atoms with Crippen LogP contribution in [0.4, 0.5) is 0 Å². The molecule has 1 aromatic rings. The predicted molar refractivity (Wildman–Crippen MR) is 77.8 cm³/mol. The van der Waals surface area contributed by atoms with Crippen molar-refractivity contribution < 1.29 is 9.47 Å². The van der Waals surface area contributed by atoms with Crippen molar-refractivity contribution in [2.45, 2.75) is 39.0 Å². The topological polar surface area (TPSA) is 99.3 Å². The molecule has 20 heavy (non-hydrogen) atoms. The molecule has 2 rings (SSSR count). The summed E-state index contributed by atoms with van der Waals surface area (Å²) in [4.78, 5) is 24.5. The lowest BCUT2D eigenvalue weighted by molar-refractivity contribution is 0.00360. The van der Waals surface area contributed by atoms with Crippen molar-refractivity contribution in [3.63, 3.8) is 0 Å². The van der Waals surface area contributed by atoms with Crippen LogP contribution in [0.3, 0.4) is 0 Å². The van der Waals surface area contributed by atoms with E-state index in [1.54, 1.807) is 14.2 Å². The first-order chi connectivity index (χ1) is 9.62. The molecular formula is C13H25N3O4. The molecule has 7 heteroatoms. The highest BCUT2D eigenvalue weighted by atomic mass is 16.5. The minimum atomic E-state index is -0.440. The lowest BCUT2D eigenvalue weighted by atomic mass is 10.2. The largest absolute Gasteiger partial charge is 0.388 e. The van der Waals surface area contributed by atoms with Crippen LogP contribution in [0.1, 0.15) is 32.9 Å². The van der Waals surface area contributed by atoms with Crippen LogP contribution in [0.2, 0.25) is 0 Å². The van der Waals surface area contributed by atoms with E-state index in [9.17, 15) is 9.59 Å². The first-order valence-corrected chi connectivity index (χ1v) is 6.69. The zero-order chi connectivity index (χ0) is 15.5. The summed E-state index contributed by atoms with van der Waals surface area (Å²) in [5.41, 5.74) is 4.63. The Morgan fingerprint density at radius 3 is 2.45 bits per heavy atom. The van der Waals surface area contributed by atoms with Gasteiger partial charge in [0, 0.05) is 33.0 Å². The third kappa shape index (κ3) is 5.68. The fraction of sp³-hybridized carbons (Fsp3) is 0.692. The van der Waals surface area contributed by atoms with Gasteiger partial charge in [-0.1, -0.05) is 13.8 Å². The zero-order valence-electron chi connectivity index (χ0n) is 12.6. The molecule has 2 heterocycles. The molecule has 1 aliphatic rings. The smallest absolute Gasteiger partial charge is 0.330 e. The predicted octanol–water partition coefficient (Wildman–Crippen LogP) is 0.462. The molecule has 0 aromatic carbocycles. The van der Waals surface area contributed by atoms with Crippen LogP contribution >= 0.6 is 0 Å². The molecule has 1 aromatic heterocycles. The number of rotatable bonds is 2. The van der Waals surface area contributed by atoms with E-state index < -0.39 is 11.2 Å². The number of methoxy groups -OCH3 is 1. The highest BCUT2D eigenvalue weighted by Crippen LogP contribution is 2.25. The standard InChI is InChI=1S/C9H13N3O3.C2H6O.C2H6/c10-5-6-1-2-8(15-6)12-4-3-7(13)11-9(12)14;1-3-2;1-2/h3-4,6,8H,1-2,5,10H2,(H,11,13,14);1-2H3;1-2H3. The first kappa shape index (κ1) is 18.6. The van der Waals surface area contributed by atoms with Gasteiger partial charge in [0.25, 0.3) is 5.56 Å². The Bertz CT molecular complexity index is 469. The molecule has 1 fully saturated rings. The van der Waals surface area contributed by atoms with E-state index in [1.807, 2.05) is 13.8 Å². The summed E-state index contributed by atoms with van der Waals surface area (Å²) < 4.78 is 11.2. The maximum Gasteiger partial charge on any atom is 0.330 e. The number of hydrogen-bond acceptors (Lipinski definition) is 5. The highest BCUT2D eigenvalue weighted by Gasteiger charge is 2.25. The normalized spacial score (nSPS) is 20.4. The lowest BCUT2D eigenvalue weighted by Gasteiger charge is -2.14. The highest BCUT2D eigenvalue weighted by molar-refractivity contribution is 4.86. The number of ether oxygens (including phenoxy) is 2. The van der Waals surface area contributed by atoms with Crippen LogP contribution in [-0.4, -0.2) is 36.4 Å². The zero-order valence-corrected chi connectivity index (χ0v) is 12.6. The molecule has 0 spiro atoms. The minimum absolute atomic E-state index is 0.00817. The van der Waals surface area contributed by atoms with Crippen LogP contribution in [-0.2, 0) is 9.47 Å². The molecule has 3 N–H and O–H groups in total. The summed E-state index contributed by atoms with van der Waals surface area (Å²) in [5, 5.41) is 0. The average Bonchev–Trinajstić information content (AvgIpc) is 2.90. The third-order valence-electron chi connectivity index (χ3n) is 2.51. The molecule has 0 saturated carbocycles. The van der Waals surface area contributed by atoms with E-state index in [2.05, 4.69) is 9.72 Å². The average molecular weight is 287 g/mol. The number of nitrogens with one attached hydrogen (secondary N) is 1. The molecule has 0 aliphatic carbocycles. The fourth-order valence-electron chi connectivity index (χ4n) is 1.72. The Labute approximate surface area is 118 Å². The van der Waals surface area contributed by atoms with Crippen molar-refractivity contribution in [2.24, 2.45) is 5.73 Å². The van der Waals surface area contributed by atoms with E-state index in [0.717, 1.165) is 12.8 Å². The number of H-pyrrole nitrogens is 1. The van der Waals surface area contributed by atoms with Gasteiger partial charge in [0.2, 0.25) is 0 Å². The molecule has 1 aliphatic heterocycles. The van der Waals surface area contributed by atoms with Gasteiger partial charge in [0.15, 0.2) is 0 Å². The van der Waals surface area contributed by atoms with Crippen LogP contribution in [0.15, 0.2) is 21.9 Å². The summed E-state index contributed by atoms with van der Waals surface area (Å²) in [6, 6.07) is 1.31. The third-order valence-corrected chi connectivity index (χ3v) is 2.51. The summed E-state index contributed by atoms with van der Waals surface area (Å²) in [6.45, 7) is 4.45. The number of hydrogen-bond donors (Lipinski definition) is 2. The molecule has 0 amide bonds. The molecule has 0 radical (unpaired) electrons. The maximum absolute atomic E-state index is 11.4. The Morgan fingerprint density at radius 1 is 1.40 bits per heavy atom. The van der Waals surface area contributed by atoms with Gasteiger partial charge in [-0.2, -0.15) is 0 Å². The van der Waals surface area contributed by atoms with Gasteiger partial charge in [-0.3, -0.25) is 14.3 Å². The van der Waals surface area contributed by atoms with Crippen LogP contribution in [0, 0.1) is 0 Å². The Balaban J connectivity index is 0.000000641. The molecule has 0 bridgehead atoms. The second-order valence-corrected chi connectivity index (χ2v) is 3.95. The molecule has 2 atom stereocenters. The summed E-state index contributed by atoms with van der Waals surface area (Å²) in [6.07, 6.45) is 2.74. The lowest BCUT2D eigenvalue weighted by Crippen LogP contribution is -2.32. The van der Waals surface area contributed by atoms with Gasteiger partial charge < -0.3 is 15.2 Å². The van der Waals surface area contributed by atoms with Gasteiger partial charge in [-0.25, -0.2) is 4.79 Å². The number of aromatic nitrogens is 2. The van der Waals surface area contributed by atoms with E-state index in [0.29, 0.717) is 6.54 Å². The van der Waals surface area contributed by atoms with Crippen LogP contribution < -0.4 is 17.0 Å². The van der Waals surface area contributed by atoms with Gasteiger partial charge in [0.05, 0.1) is 6.10 Å². The maximum atomic E-state index is 11.4. The van der Waals surface area contributed by atoms with Crippen molar-refractivity contribution >= 4 is 0 Å². The number of nitrogens with two attached hydrogens (primary N) is 1. The Morgan fingerprint density at radius 2 is 2.00 bits per heavy atom. The molecule has 2 unspecified atom stereocenters. The van der Waals surface area contributed by atoms with Crippen molar-refractivity contribution in [1.82, 2.24) is 9.55 Å². The van der Waals surface area contributed by atoms with Crippen molar-refractivity contribution in [3.05, 3.63) is 33.1 Å². The van der Waals surface area contributed by atoms with E-state index in [1.165, 1.54) is 16.8 Å². The van der Waals surface area contributed by atoms with Gasteiger partial charge >= 0.3 is 5.69 Å². The SMILES string of the molecule is CC.COC.NCC1CCC(n2ccc(=O)[nH]c2=O)O1. The Hall–Kier alpha value is -1.44. The molecule has 7 nitrogen and oxygen atoms in total. The molecule has 116 valence electrons. The summed E-state index contributed by atoms with van der Waals surface area (Å²) in [5.74, 6) is 0. The second-order valence-electron chi connectivity index (χ2n) is 3.95. The van der Waals surface area contributed by atoms with Crippen molar-refractivity contribution in [2.75, 3.05) is 20.8 Å². The van der Waals surface area contributed by atoms with Gasteiger partial charge in [0.1, 0.15) is 6.23 Å². The Kier molecular flexibility index (Phi) is 9.61. The number of aromatic amines is 1. The minimum Gasteiger partial charge on any atom is -0.388 e. The number of nitrogens with zero attached hydrogens (tertiary/aromatic N) is 1. The summed E-state index contributed by atoms with van der Waals surface area (Å²) in [7, 11) is 3.25. The van der Waals surface area contributed by atoms with E-state index in [-0.39, 0.29) is 12.3 Å². The second kappa shape index (κ2) is 10.4. The monoisotopic (exact) mass is 287 g/mol. The van der Waals surface area contributed by atoms with Crippen LogP contribution in [0.5, 0.6) is 0 Å². The van der Waals surface area contributed by atoms with Crippen molar-refractivity contribution in [1.29, 1.82) is 0 Å². The van der Waals surface area contributed by atoms with Crippen molar-refractivity contribution in [3.8, 4) is 0 Å². The van der Waals surface area contributed by atoms with Gasteiger partial charge in [-0.15, -0.1) is 0 Å². The van der Waals surface area contributed by atoms with Crippen LogP contribution in [0.25, 0.3) is 0 Å². The quantitative estimate of drug-likeness (QED) is 0.823. The summed E-state index contributed by atoms with van der Waals surface area (Å²) >= 11 is 0. The first-order valence-electron chi connectivity index (χ1n) is 6.69. The van der Waals surface area contributed by atoms with Gasteiger partial charge in [-0.05, 0) is 12.8 Å². The van der Waals surface area contributed by atoms with E-state index in [4.69, 9.17) is 10.5 Å². The van der Waals surface area contributed by atoms with E-state index >= 15 is 0 Å². The molecular weight excluding hydrogens is 262 g/mol. The fourth-order valence-corrected chi connectivity index (χ4v) is 1.72.